The predicted molar refractivity (Wildman–Crippen MR) is 147 cm³/mol. The third kappa shape index (κ3) is 10.7. The number of morpholine rings is 1. The Labute approximate surface area is 224 Å². The number of hydrogen-bond acceptors (Lipinski definition) is 8. The zero-order valence-corrected chi connectivity index (χ0v) is 23.8. The standard InChI is InChI=1S/C23H30N2O4S3.C3H6O/c1-19(18-30-20(2)26)25(13-12-24-14-16-29-17-15-24)32(27,28)23-10-8-22(9-11-23)31-21-6-4-3-5-7-21;1-3(2)4/h3-11,19H,12-18H2,1-2H3;1-2H3/t19-;/m0./s1. The van der Waals surface area contributed by atoms with Gasteiger partial charge in [-0.05, 0) is 57.2 Å². The molecule has 0 bridgehead atoms. The van der Waals surface area contributed by atoms with Crippen LogP contribution in [0.4, 0.5) is 0 Å². The summed E-state index contributed by atoms with van der Waals surface area (Å²) in [4.78, 5) is 25.5. The van der Waals surface area contributed by atoms with Crippen LogP contribution in [0.5, 0.6) is 0 Å². The third-order valence-electron chi connectivity index (χ3n) is 5.17. The monoisotopic (exact) mass is 552 g/mol. The van der Waals surface area contributed by atoms with Crippen LogP contribution in [-0.2, 0) is 24.3 Å². The third-order valence-corrected chi connectivity index (χ3v) is 9.27. The summed E-state index contributed by atoms with van der Waals surface area (Å²) < 4.78 is 34.0. The molecule has 1 fully saturated rings. The maximum Gasteiger partial charge on any atom is 0.243 e. The average molecular weight is 553 g/mol. The van der Waals surface area contributed by atoms with E-state index in [9.17, 15) is 18.0 Å². The lowest BCUT2D eigenvalue weighted by Gasteiger charge is -2.32. The Hall–Kier alpha value is -1.69. The van der Waals surface area contributed by atoms with Crippen molar-refractivity contribution in [3.8, 4) is 0 Å². The molecule has 1 heterocycles. The number of carbonyl (C=O) groups is 2. The van der Waals surface area contributed by atoms with Gasteiger partial charge in [0.05, 0.1) is 18.1 Å². The Balaban J connectivity index is 0.00000106. The molecule has 0 spiro atoms. The molecule has 3 rings (SSSR count). The van der Waals surface area contributed by atoms with Crippen molar-refractivity contribution in [3.05, 3.63) is 54.6 Å². The highest BCUT2D eigenvalue weighted by atomic mass is 32.2. The van der Waals surface area contributed by atoms with E-state index in [4.69, 9.17) is 4.74 Å². The van der Waals surface area contributed by atoms with Crippen LogP contribution in [0, 0.1) is 0 Å². The van der Waals surface area contributed by atoms with Crippen molar-refractivity contribution in [3.63, 3.8) is 0 Å². The van der Waals surface area contributed by atoms with Crippen molar-refractivity contribution in [2.45, 2.75) is 48.4 Å². The van der Waals surface area contributed by atoms with Gasteiger partial charge in [-0.25, -0.2) is 8.42 Å². The van der Waals surface area contributed by atoms with E-state index >= 15 is 0 Å². The number of hydrogen-bond donors (Lipinski definition) is 0. The Morgan fingerprint density at radius 3 is 2.08 bits per heavy atom. The maximum atomic E-state index is 13.5. The fourth-order valence-electron chi connectivity index (χ4n) is 3.40. The Morgan fingerprint density at radius 2 is 1.53 bits per heavy atom. The van der Waals surface area contributed by atoms with Crippen molar-refractivity contribution in [2.75, 3.05) is 45.1 Å². The molecule has 1 aliphatic rings. The van der Waals surface area contributed by atoms with Gasteiger partial charge in [0.15, 0.2) is 5.12 Å². The van der Waals surface area contributed by atoms with Crippen LogP contribution in [-0.4, -0.2) is 79.7 Å². The van der Waals surface area contributed by atoms with Crippen LogP contribution in [0.15, 0.2) is 69.3 Å². The normalized spacial score (nSPS) is 15.1. The molecule has 0 aromatic heterocycles. The molecule has 1 saturated heterocycles. The average Bonchev–Trinajstić information content (AvgIpc) is 2.84. The Morgan fingerprint density at radius 1 is 0.972 bits per heavy atom. The first kappa shape index (κ1) is 30.5. The first-order valence-electron chi connectivity index (χ1n) is 11.8. The quantitative estimate of drug-likeness (QED) is 0.428. The molecule has 2 aromatic carbocycles. The van der Waals surface area contributed by atoms with E-state index in [1.807, 2.05) is 49.4 Å². The lowest BCUT2D eigenvalue weighted by atomic mass is 10.3. The van der Waals surface area contributed by atoms with E-state index in [1.54, 1.807) is 23.9 Å². The first-order valence-corrected chi connectivity index (χ1v) is 15.1. The minimum atomic E-state index is -3.70. The number of Topliss-reactive ketones (excluding diaryl/α,β-unsaturated/α-hetero) is 1. The summed E-state index contributed by atoms with van der Waals surface area (Å²) in [5.74, 6) is 0.597. The maximum absolute atomic E-state index is 13.5. The van der Waals surface area contributed by atoms with E-state index in [0.29, 0.717) is 32.1 Å². The van der Waals surface area contributed by atoms with Gasteiger partial charge in [-0.1, -0.05) is 41.7 Å². The van der Waals surface area contributed by atoms with Crippen LogP contribution in [0.25, 0.3) is 0 Å². The second kappa shape index (κ2) is 15.5. The van der Waals surface area contributed by atoms with Gasteiger partial charge >= 0.3 is 0 Å². The van der Waals surface area contributed by atoms with Crippen molar-refractivity contribution in [1.29, 1.82) is 0 Å². The zero-order chi connectivity index (χ0) is 26.6. The van der Waals surface area contributed by atoms with Crippen molar-refractivity contribution in [1.82, 2.24) is 9.21 Å². The van der Waals surface area contributed by atoms with E-state index in [0.717, 1.165) is 34.6 Å². The topological polar surface area (TPSA) is 84.0 Å². The molecular weight excluding hydrogens is 516 g/mol. The first-order chi connectivity index (χ1) is 17.1. The molecule has 0 N–H and O–H groups in total. The van der Waals surface area contributed by atoms with Gasteiger partial charge in [-0.2, -0.15) is 4.31 Å². The second-order valence-electron chi connectivity index (χ2n) is 8.52. The highest BCUT2D eigenvalue weighted by molar-refractivity contribution is 8.13. The fraction of sp³-hybridized carbons (Fsp3) is 0.462. The molecule has 0 saturated carbocycles. The van der Waals surface area contributed by atoms with Gasteiger partial charge in [0.1, 0.15) is 5.78 Å². The van der Waals surface area contributed by atoms with Gasteiger partial charge in [0.25, 0.3) is 0 Å². The minimum absolute atomic E-state index is 0.00957. The number of nitrogens with zero attached hydrogens (tertiary/aromatic N) is 2. The Bertz CT molecular complexity index is 1050. The number of benzene rings is 2. The van der Waals surface area contributed by atoms with Crippen LogP contribution in [0.2, 0.25) is 0 Å². The molecule has 0 unspecified atom stereocenters. The van der Waals surface area contributed by atoms with E-state index in [2.05, 4.69) is 4.90 Å². The molecule has 0 aliphatic carbocycles. The largest absolute Gasteiger partial charge is 0.379 e. The number of ether oxygens (including phenoxy) is 1. The summed E-state index contributed by atoms with van der Waals surface area (Å²) in [5.41, 5.74) is 0. The highest BCUT2D eigenvalue weighted by Crippen LogP contribution is 2.29. The van der Waals surface area contributed by atoms with Crippen LogP contribution in [0.1, 0.15) is 27.7 Å². The van der Waals surface area contributed by atoms with Gasteiger partial charge in [0.2, 0.25) is 10.0 Å². The molecule has 36 heavy (non-hydrogen) atoms. The summed E-state index contributed by atoms with van der Waals surface area (Å²) in [6.45, 7) is 10.4. The summed E-state index contributed by atoms with van der Waals surface area (Å²) in [6, 6.07) is 16.7. The molecule has 10 heteroatoms. The number of thioether (sulfide) groups is 1. The SMILES string of the molecule is CC(=O)SC[C@H](C)N(CCN1CCOCC1)S(=O)(=O)c1ccc(Sc2ccccc2)cc1.CC(C)=O. The van der Waals surface area contributed by atoms with Gasteiger partial charge in [0, 0.05) is 54.7 Å². The van der Waals surface area contributed by atoms with E-state index in [-0.39, 0.29) is 21.8 Å². The van der Waals surface area contributed by atoms with Crippen molar-refractivity contribution in [2.24, 2.45) is 0 Å². The van der Waals surface area contributed by atoms with Crippen LogP contribution in [0.3, 0.4) is 0 Å². The summed E-state index contributed by atoms with van der Waals surface area (Å²) >= 11 is 2.76. The molecule has 198 valence electrons. The van der Waals surface area contributed by atoms with Crippen LogP contribution >= 0.6 is 23.5 Å². The lowest BCUT2D eigenvalue weighted by Crippen LogP contribution is -2.46. The smallest absolute Gasteiger partial charge is 0.243 e. The number of carbonyl (C=O) groups excluding carboxylic acids is 2. The Kier molecular flexibility index (Phi) is 13.2. The lowest BCUT2D eigenvalue weighted by molar-refractivity contribution is -0.115. The van der Waals surface area contributed by atoms with E-state index in [1.165, 1.54) is 25.1 Å². The summed E-state index contributed by atoms with van der Waals surface area (Å²) in [6.07, 6.45) is 0. The second-order valence-corrected chi connectivity index (χ2v) is 12.8. The molecule has 0 radical (unpaired) electrons. The molecule has 1 aliphatic heterocycles. The fourth-order valence-corrected chi connectivity index (χ4v) is 6.61. The van der Waals surface area contributed by atoms with Gasteiger partial charge in [-0.15, -0.1) is 0 Å². The number of rotatable bonds is 10. The zero-order valence-electron chi connectivity index (χ0n) is 21.4. The van der Waals surface area contributed by atoms with Gasteiger partial charge < -0.3 is 9.53 Å². The molecule has 2 aromatic rings. The summed E-state index contributed by atoms with van der Waals surface area (Å²) in [5, 5.41) is -0.00957. The minimum Gasteiger partial charge on any atom is -0.379 e. The summed E-state index contributed by atoms with van der Waals surface area (Å²) in [7, 11) is -3.70. The van der Waals surface area contributed by atoms with Crippen LogP contribution < -0.4 is 0 Å². The number of ketones is 1. The molecule has 7 nitrogen and oxygen atoms in total. The highest BCUT2D eigenvalue weighted by Gasteiger charge is 2.30. The van der Waals surface area contributed by atoms with Gasteiger partial charge in [-0.3, -0.25) is 9.69 Å². The van der Waals surface area contributed by atoms with Crippen molar-refractivity contribution < 1.29 is 22.7 Å². The molecule has 1 atom stereocenters. The molecular formula is C26H36N2O5S3. The molecule has 0 amide bonds. The van der Waals surface area contributed by atoms with Crippen molar-refractivity contribution >= 4 is 44.4 Å². The van der Waals surface area contributed by atoms with E-state index < -0.39 is 10.0 Å². The predicted octanol–water partition coefficient (Wildman–Crippen LogP) is 4.42. The number of sulfonamides is 1.